The number of nitrogens with zero attached hydrogens (tertiary/aromatic N) is 2. The van der Waals surface area contributed by atoms with E-state index in [1.54, 1.807) is 0 Å². The lowest BCUT2D eigenvalue weighted by Crippen LogP contribution is -2.36. The molecule has 0 bridgehead atoms. The maximum atomic E-state index is 12.0. The van der Waals surface area contributed by atoms with E-state index in [1.807, 2.05) is 6.92 Å². The first kappa shape index (κ1) is 10.1. The van der Waals surface area contributed by atoms with Gasteiger partial charge in [0.2, 0.25) is 0 Å². The Hall–Kier alpha value is -1.39. The van der Waals surface area contributed by atoms with Crippen LogP contribution in [0.15, 0.2) is 6.33 Å². The summed E-state index contributed by atoms with van der Waals surface area (Å²) >= 11 is 0. The summed E-state index contributed by atoms with van der Waals surface area (Å²) in [6.07, 6.45) is 5.13. The monoisotopic (exact) mass is 209 g/mol. The van der Waals surface area contributed by atoms with Gasteiger partial charge in [0.1, 0.15) is 17.6 Å². The van der Waals surface area contributed by atoms with E-state index in [2.05, 4.69) is 15.2 Å². The molecule has 0 spiro atoms. The molecule has 0 atom stereocenters. The summed E-state index contributed by atoms with van der Waals surface area (Å²) in [5, 5.41) is 6.61. The second-order valence-corrected chi connectivity index (χ2v) is 3.84. The first-order valence-electron chi connectivity index (χ1n) is 5.32. The van der Waals surface area contributed by atoms with Gasteiger partial charge in [0.05, 0.1) is 6.61 Å². The van der Waals surface area contributed by atoms with Crippen molar-refractivity contribution in [3.8, 4) is 0 Å². The lowest BCUT2D eigenvalue weighted by atomic mass is 9.85. The normalized spacial score (nSPS) is 19.0. The number of rotatable bonds is 3. The van der Waals surface area contributed by atoms with Crippen molar-refractivity contribution in [2.45, 2.75) is 38.0 Å². The fraction of sp³-hybridized carbons (Fsp3) is 0.700. The summed E-state index contributed by atoms with van der Waals surface area (Å²) in [5.41, 5.74) is -0.563. The molecule has 0 unspecified atom stereocenters. The van der Waals surface area contributed by atoms with Gasteiger partial charge in [-0.1, -0.05) is 12.8 Å². The number of hydrogen-bond donors (Lipinski definition) is 1. The van der Waals surface area contributed by atoms with Crippen molar-refractivity contribution in [3.05, 3.63) is 12.2 Å². The lowest BCUT2D eigenvalue weighted by molar-refractivity contribution is -0.150. The Morgan fingerprint density at radius 1 is 1.60 bits per heavy atom. The number of esters is 1. The van der Waals surface area contributed by atoms with Crippen molar-refractivity contribution in [2.24, 2.45) is 0 Å². The molecule has 15 heavy (non-hydrogen) atoms. The van der Waals surface area contributed by atoms with Gasteiger partial charge >= 0.3 is 5.97 Å². The van der Waals surface area contributed by atoms with Gasteiger partial charge in [0, 0.05) is 0 Å². The van der Waals surface area contributed by atoms with Crippen molar-refractivity contribution in [1.29, 1.82) is 0 Å². The van der Waals surface area contributed by atoms with Crippen LogP contribution in [0.4, 0.5) is 0 Å². The number of aromatic amines is 1. The molecule has 1 aromatic heterocycles. The van der Waals surface area contributed by atoms with Crippen LogP contribution in [0.2, 0.25) is 0 Å². The van der Waals surface area contributed by atoms with Crippen LogP contribution in [0.5, 0.6) is 0 Å². The molecule has 1 aliphatic rings. The van der Waals surface area contributed by atoms with Crippen molar-refractivity contribution in [3.63, 3.8) is 0 Å². The molecule has 1 aliphatic carbocycles. The van der Waals surface area contributed by atoms with E-state index in [1.165, 1.54) is 6.33 Å². The molecule has 2 rings (SSSR count). The van der Waals surface area contributed by atoms with Gasteiger partial charge in [-0.3, -0.25) is 9.89 Å². The van der Waals surface area contributed by atoms with Gasteiger partial charge < -0.3 is 4.74 Å². The topological polar surface area (TPSA) is 67.9 Å². The van der Waals surface area contributed by atoms with Crippen LogP contribution in [0.25, 0.3) is 0 Å². The number of ether oxygens (including phenoxy) is 1. The Labute approximate surface area is 88.2 Å². The molecule has 5 nitrogen and oxygen atoms in total. The van der Waals surface area contributed by atoms with Crippen LogP contribution in [-0.2, 0) is 14.9 Å². The third-order valence-electron chi connectivity index (χ3n) is 2.99. The summed E-state index contributed by atoms with van der Waals surface area (Å²) in [7, 11) is 0. The highest BCUT2D eigenvalue weighted by atomic mass is 16.5. The molecular formula is C10H15N3O2. The minimum atomic E-state index is -0.563. The molecule has 1 saturated carbocycles. The quantitative estimate of drug-likeness (QED) is 0.759. The standard InChI is InChI=1S/C10H15N3O2/c1-2-15-9(14)10(5-3-4-6-10)8-11-7-12-13-8/h7H,2-6H2,1H3,(H,11,12,13). The second-order valence-electron chi connectivity index (χ2n) is 3.84. The highest BCUT2D eigenvalue weighted by molar-refractivity contribution is 5.82. The number of carbonyl (C=O) groups excluding carboxylic acids is 1. The fourth-order valence-electron chi connectivity index (χ4n) is 2.22. The maximum absolute atomic E-state index is 12.0. The van der Waals surface area contributed by atoms with E-state index in [9.17, 15) is 4.79 Å². The van der Waals surface area contributed by atoms with Crippen molar-refractivity contribution in [2.75, 3.05) is 6.61 Å². The van der Waals surface area contributed by atoms with Crippen LogP contribution >= 0.6 is 0 Å². The van der Waals surface area contributed by atoms with Crippen LogP contribution in [0.3, 0.4) is 0 Å². The molecule has 0 aromatic carbocycles. The zero-order valence-electron chi connectivity index (χ0n) is 8.82. The first-order valence-corrected chi connectivity index (χ1v) is 5.32. The minimum Gasteiger partial charge on any atom is -0.465 e. The summed E-state index contributed by atoms with van der Waals surface area (Å²) < 4.78 is 5.13. The third kappa shape index (κ3) is 1.62. The van der Waals surface area contributed by atoms with Gasteiger partial charge in [-0.2, -0.15) is 5.10 Å². The summed E-state index contributed by atoms with van der Waals surface area (Å²) in [6, 6.07) is 0. The van der Waals surface area contributed by atoms with E-state index in [4.69, 9.17) is 4.74 Å². The third-order valence-corrected chi connectivity index (χ3v) is 2.99. The van der Waals surface area contributed by atoms with E-state index < -0.39 is 5.41 Å². The SMILES string of the molecule is CCOC(=O)C1(c2ncn[nH]2)CCCC1. The highest BCUT2D eigenvalue weighted by Crippen LogP contribution is 2.40. The zero-order valence-corrected chi connectivity index (χ0v) is 8.82. The zero-order chi connectivity index (χ0) is 10.7. The molecule has 0 radical (unpaired) electrons. The minimum absolute atomic E-state index is 0.167. The predicted octanol–water partition coefficient (Wildman–Crippen LogP) is 1.18. The van der Waals surface area contributed by atoms with Gasteiger partial charge in [0.15, 0.2) is 0 Å². The molecule has 1 fully saturated rings. The Morgan fingerprint density at radius 3 is 2.87 bits per heavy atom. The lowest BCUT2D eigenvalue weighted by Gasteiger charge is -2.23. The van der Waals surface area contributed by atoms with Gasteiger partial charge in [-0.25, -0.2) is 4.98 Å². The number of carbonyl (C=O) groups is 1. The van der Waals surface area contributed by atoms with E-state index >= 15 is 0 Å². The average Bonchev–Trinajstić information content (AvgIpc) is 2.90. The smallest absolute Gasteiger partial charge is 0.319 e. The Kier molecular flexibility index (Phi) is 2.70. The largest absolute Gasteiger partial charge is 0.465 e. The Morgan fingerprint density at radius 2 is 2.33 bits per heavy atom. The Bertz CT molecular complexity index is 328. The van der Waals surface area contributed by atoms with Crippen LogP contribution in [0.1, 0.15) is 38.4 Å². The van der Waals surface area contributed by atoms with E-state index in [-0.39, 0.29) is 5.97 Å². The van der Waals surface area contributed by atoms with Crippen LogP contribution in [-0.4, -0.2) is 27.8 Å². The highest BCUT2D eigenvalue weighted by Gasteiger charge is 2.46. The molecule has 0 saturated heterocycles. The van der Waals surface area contributed by atoms with Crippen LogP contribution < -0.4 is 0 Å². The molecule has 0 amide bonds. The number of H-pyrrole nitrogens is 1. The number of hydrogen-bond acceptors (Lipinski definition) is 4. The molecular weight excluding hydrogens is 194 g/mol. The van der Waals surface area contributed by atoms with E-state index in [0.29, 0.717) is 12.4 Å². The van der Waals surface area contributed by atoms with Crippen molar-refractivity contribution in [1.82, 2.24) is 15.2 Å². The number of aromatic nitrogens is 3. The first-order chi connectivity index (χ1) is 7.29. The molecule has 82 valence electrons. The molecule has 1 heterocycles. The fourth-order valence-corrected chi connectivity index (χ4v) is 2.22. The van der Waals surface area contributed by atoms with Gasteiger partial charge in [-0.05, 0) is 19.8 Å². The van der Waals surface area contributed by atoms with Gasteiger partial charge in [-0.15, -0.1) is 0 Å². The Balaban J connectivity index is 2.28. The van der Waals surface area contributed by atoms with Crippen LogP contribution in [0, 0.1) is 0 Å². The summed E-state index contributed by atoms with van der Waals surface area (Å²) in [4.78, 5) is 16.1. The molecule has 0 aliphatic heterocycles. The molecule has 5 heteroatoms. The second kappa shape index (κ2) is 4.00. The van der Waals surface area contributed by atoms with Crippen molar-refractivity contribution < 1.29 is 9.53 Å². The van der Waals surface area contributed by atoms with Crippen molar-refractivity contribution >= 4 is 5.97 Å². The summed E-state index contributed by atoms with van der Waals surface area (Å²) in [5.74, 6) is 0.484. The molecule has 1 N–H and O–H groups in total. The van der Waals surface area contributed by atoms with E-state index in [0.717, 1.165) is 25.7 Å². The predicted molar refractivity (Wildman–Crippen MR) is 53.2 cm³/mol. The molecule has 1 aromatic rings. The summed E-state index contributed by atoms with van der Waals surface area (Å²) in [6.45, 7) is 2.23. The average molecular weight is 209 g/mol. The number of nitrogens with one attached hydrogen (secondary N) is 1. The van der Waals surface area contributed by atoms with Gasteiger partial charge in [0.25, 0.3) is 0 Å². The maximum Gasteiger partial charge on any atom is 0.319 e.